The second-order valence-corrected chi connectivity index (χ2v) is 4.04. The molecule has 0 saturated heterocycles. The monoisotopic (exact) mass is 229 g/mol. The minimum Gasteiger partial charge on any atom is -0.355 e. The number of carbonyl (C=O) groups is 2. The molecule has 0 radical (unpaired) electrons. The van der Waals surface area contributed by atoms with Gasteiger partial charge >= 0.3 is 0 Å². The van der Waals surface area contributed by atoms with Crippen molar-refractivity contribution >= 4 is 11.8 Å². The molecule has 0 saturated carbocycles. The fraction of sp³-hybridized carbons (Fsp3) is 0.818. The van der Waals surface area contributed by atoms with Gasteiger partial charge in [-0.1, -0.05) is 13.8 Å². The van der Waals surface area contributed by atoms with Crippen LogP contribution in [0, 0.1) is 5.92 Å². The van der Waals surface area contributed by atoms with Crippen LogP contribution in [0.3, 0.4) is 0 Å². The molecule has 0 fully saturated rings. The number of hydrogen-bond acceptors (Lipinski definition) is 3. The first-order chi connectivity index (χ1) is 7.49. The van der Waals surface area contributed by atoms with Crippen LogP contribution in [-0.2, 0) is 9.59 Å². The van der Waals surface area contributed by atoms with E-state index in [0.29, 0.717) is 19.5 Å². The Morgan fingerprint density at radius 2 is 1.94 bits per heavy atom. The van der Waals surface area contributed by atoms with Gasteiger partial charge in [-0.15, -0.1) is 0 Å². The second kappa shape index (κ2) is 8.10. The fourth-order valence-electron chi connectivity index (χ4n) is 1.14. The van der Waals surface area contributed by atoms with E-state index >= 15 is 0 Å². The van der Waals surface area contributed by atoms with Crippen molar-refractivity contribution in [1.29, 1.82) is 0 Å². The third kappa shape index (κ3) is 6.40. The van der Waals surface area contributed by atoms with Crippen molar-refractivity contribution in [3.05, 3.63) is 0 Å². The van der Waals surface area contributed by atoms with Gasteiger partial charge in [0.05, 0.1) is 0 Å². The fourth-order valence-corrected chi connectivity index (χ4v) is 1.14. The van der Waals surface area contributed by atoms with Gasteiger partial charge in [-0.2, -0.15) is 0 Å². The summed E-state index contributed by atoms with van der Waals surface area (Å²) < 4.78 is 0. The third-order valence-electron chi connectivity index (χ3n) is 2.29. The van der Waals surface area contributed by atoms with Gasteiger partial charge in [0.2, 0.25) is 11.8 Å². The van der Waals surface area contributed by atoms with Crippen LogP contribution < -0.4 is 10.6 Å². The van der Waals surface area contributed by atoms with Gasteiger partial charge < -0.3 is 15.5 Å². The molecule has 0 aromatic rings. The van der Waals surface area contributed by atoms with Gasteiger partial charge in [-0.3, -0.25) is 9.59 Å². The summed E-state index contributed by atoms with van der Waals surface area (Å²) in [6, 6.07) is 0. The average molecular weight is 229 g/mol. The van der Waals surface area contributed by atoms with Crippen LogP contribution in [0.25, 0.3) is 0 Å². The second-order valence-electron chi connectivity index (χ2n) is 4.04. The van der Waals surface area contributed by atoms with E-state index in [2.05, 4.69) is 10.6 Å². The van der Waals surface area contributed by atoms with E-state index in [1.165, 1.54) is 4.90 Å². The Kier molecular flexibility index (Phi) is 7.54. The van der Waals surface area contributed by atoms with Crippen molar-refractivity contribution in [2.24, 2.45) is 5.92 Å². The van der Waals surface area contributed by atoms with Crippen LogP contribution in [-0.4, -0.2) is 50.4 Å². The Morgan fingerprint density at radius 1 is 1.31 bits per heavy atom. The molecule has 0 aliphatic rings. The van der Waals surface area contributed by atoms with E-state index in [4.69, 9.17) is 0 Å². The van der Waals surface area contributed by atoms with Gasteiger partial charge in [0.1, 0.15) is 0 Å². The van der Waals surface area contributed by atoms with Gasteiger partial charge in [0, 0.05) is 39.5 Å². The highest BCUT2D eigenvalue weighted by Crippen LogP contribution is 1.93. The van der Waals surface area contributed by atoms with Crippen LogP contribution >= 0.6 is 0 Å². The lowest BCUT2D eigenvalue weighted by Crippen LogP contribution is -2.37. The maximum atomic E-state index is 11.5. The van der Waals surface area contributed by atoms with Gasteiger partial charge in [0.15, 0.2) is 0 Å². The molecule has 1 unspecified atom stereocenters. The summed E-state index contributed by atoms with van der Waals surface area (Å²) in [7, 11) is 3.41. The molecular weight excluding hydrogens is 206 g/mol. The van der Waals surface area contributed by atoms with Crippen molar-refractivity contribution in [3.8, 4) is 0 Å². The molecule has 2 N–H and O–H groups in total. The molecule has 0 aliphatic heterocycles. The Balaban J connectivity index is 3.68. The molecule has 0 heterocycles. The molecule has 0 spiro atoms. The molecule has 0 rings (SSSR count). The Labute approximate surface area is 97.6 Å². The summed E-state index contributed by atoms with van der Waals surface area (Å²) in [5.41, 5.74) is 0. The van der Waals surface area contributed by atoms with Crippen molar-refractivity contribution in [1.82, 2.24) is 15.5 Å². The van der Waals surface area contributed by atoms with Crippen molar-refractivity contribution in [3.63, 3.8) is 0 Å². The van der Waals surface area contributed by atoms with E-state index in [1.807, 2.05) is 13.8 Å². The number of nitrogens with zero attached hydrogens (tertiary/aromatic N) is 1. The molecule has 94 valence electrons. The maximum Gasteiger partial charge on any atom is 0.224 e. The molecule has 0 aromatic heterocycles. The normalized spacial score (nSPS) is 12.0. The Bertz CT molecular complexity index is 229. The summed E-state index contributed by atoms with van der Waals surface area (Å²) in [5, 5.41) is 5.86. The molecule has 0 bridgehead atoms. The molecule has 1 atom stereocenters. The first-order valence-electron chi connectivity index (χ1n) is 5.67. The lowest BCUT2D eigenvalue weighted by atomic mass is 10.1. The topological polar surface area (TPSA) is 61.4 Å². The van der Waals surface area contributed by atoms with E-state index in [0.717, 1.165) is 6.54 Å². The van der Waals surface area contributed by atoms with E-state index in [1.54, 1.807) is 14.1 Å². The number of amides is 2. The number of nitrogens with one attached hydrogen (secondary N) is 2. The number of hydrogen-bond donors (Lipinski definition) is 2. The molecule has 16 heavy (non-hydrogen) atoms. The van der Waals surface area contributed by atoms with Crippen LogP contribution in [0.1, 0.15) is 20.3 Å². The highest BCUT2D eigenvalue weighted by Gasteiger charge is 2.12. The smallest absolute Gasteiger partial charge is 0.224 e. The van der Waals surface area contributed by atoms with E-state index in [-0.39, 0.29) is 17.7 Å². The molecule has 5 heteroatoms. The molecule has 0 aromatic carbocycles. The first-order valence-corrected chi connectivity index (χ1v) is 5.67. The summed E-state index contributed by atoms with van der Waals surface area (Å²) in [5.74, 6) is -0.0402. The largest absolute Gasteiger partial charge is 0.355 e. The zero-order valence-electron chi connectivity index (χ0n) is 10.7. The SMILES string of the molecule is CCNCC(C)C(=O)NCCC(=O)N(C)C. The maximum absolute atomic E-state index is 11.5. The lowest BCUT2D eigenvalue weighted by Gasteiger charge is -2.13. The first kappa shape index (κ1) is 14.9. The zero-order valence-corrected chi connectivity index (χ0v) is 10.7. The van der Waals surface area contributed by atoms with Gasteiger partial charge in [-0.25, -0.2) is 0 Å². The standard InChI is InChI=1S/C11H23N3O2/c1-5-12-8-9(2)11(16)13-7-6-10(15)14(3)4/h9,12H,5-8H2,1-4H3,(H,13,16). The Hall–Kier alpha value is -1.10. The van der Waals surface area contributed by atoms with Crippen LogP contribution in [0.5, 0.6) is 0 Å². The molecule has 5 nitrogen and oxygen atoms in total. The van der Waals surface area contributed by atoms with E-state index in [9.17, 15) is 9.59 Å². The minimum atomic E-state index is -0.0607. The summed E-state index contributed by atoms with van der Waals surface area (Å²) in [6.07, 6.45) is 0.354. The predicted molar refractivity (Wildman–Crippen MR) is 64.0 cm³/mol. The third-order valence-corrected chi connectivity index (χ3v) is 2.29. The number of rotatable bonds is 7. The highest BCUT2D eigenvalue weighted by atomic mass is 16.2. The van der Waals surface area contributed by atoms with Crippen LogP contribution in [0.15, 0.2) is 0 Å². The molecular formula is C11H23N3O2. The predicted octanol–water partition coefficient (Wildman–Crippen LogP) is -0.173. The van der Waals surface area contributed by atoms with Crippen LogP contribution in [0.4, 0.5) is 0 Å². The number of carbonyl (C=O) groups excluding carboxylic acids is 2. The van der Waals surface area contributed by atoms with Crippen LogP contribution in [0.2, 0.25) is 0 Å². The van der Waals surface area contributed by atoms with Crippen molar-refractivity contribution in [2.45, 2.75) is 20.3 Å². The Morgan fingerprint density at radius 3 is 2.44 bits per heavy atom. The zero-order chi connectivity index (χ0) is 12.6. The summed E-state index contributed by atoms with van der Waals surface area (Å²) in [4.78, 5) is 24.3. The summed E-state index contributed by atoms with van der Waals surface area (Å²) in [6.45, 7) is 5.80. The highest BCUT2D eigenvalue weighted by molar-refractivity contribution is 5.80. The molecule has 2 amide bonds. The van der Waals surface area contributed by atoms with Gasteiger partial charge in [-0.05, 0) is 6.54 Å². The molecule has 0 aliphatic carbocycles. The quantitative estimate of drug-likeness (QED) is 0.637. The summed E-state index contributed by atoms with van der Waals surface area (Å²) >= 11 is 0. The average Bonchev–Trinajstić information content (AvgIpc) is 2.25. The minimum absolute atomic E-state index is 0.00694. The van der Waals surface area contributed by atoms with Crippen molar-refractivity contribution < 1.29 is 9.59 Å². The van der Waals surface area contributed by atoms with Crippen molar-refractivity contribution in [2.75, 3.05) is 33.7 Å². The lowest BCUT2D eigenvalue weighted by molar-refractivity contribution is -0.129. The van der Waals surface area contributed by atoms with E-state index < -0.39 is 0 Å². The van der Waals surface area contributed by atoms with Gasteiger partial charge in [0.25, 0.3) is 0 Å².